The van der Waals surface area contributed by atoms with Gasteiger partial charge in [-0.3, -0.25) is 14.7 Å². The Kier molecular flexibility index (Phi) is 4.41. The van der Waals surface area contributed by atoms with Gasteiger partial charge in [0, 0.05) is 19.7 Å². The maximum absolute atomic E-state index is 13.0. The molecule has 0 saturated carbocycles. The molecule has 1 atom stereocenters. The summed E-state index contributed by atoms with van der Waals surface area (Å²) in [5, 5.41) is 11.9. The van der Waals surface area contributed by atoms with Crippen LogP contribution in [0.5, 0.6) is 0 Å². The van der Waals surface area contributed by atoms with Gasteiger partial charge in [-0.05, 0) is 23.6 Å². The third-order valence-corrected chi connectivity index (χ3v) is 5.62. The van der Waals surface area contributed by atoms with Gasteiger partial charge >= 0.3 is 0 Å². The Hall–Kier alpha value is -3.13. The van der Waals surface area contributed by atoms with E-state index in [0.717, 1.165) is 21.8 Å². The van der Waals surface area contributed by atoms with Gasteiger partial charge in [0.25, 0.3) is 5.91 Å². The number of H-pyrrole nitrogens is 1. The Morgan fingerprint density at radius 1 is 1.30 bits per heavy atom. The quantitative estimate of drug-likeness (QED) is 0.727. The van der Waals surface area contributed by atoms with Crippen molar-refractivity contribution in [2.45, 2.75) is 6.17 Å². The predicted octanol–water partition coefficient (Wildman–Crippen LogP) is 2.47. The molecule has 27 heavy (non-hydrogen) atoms. The summed E-state index contributed by atoms with van der Waals surface area (Å²) in [6.07, 6.45) is 1.29. The minimum Gasteiger partial charge on any atom is -0.358 e. The molecular weight excluding hydrogens is 362 g/mol. The lowest BCUT2D eigenvalue weighted by Gasteiger charge is -2.43. The lowest BCUT2D eigenvalue weighted by atomic mass is 10.0. The number of nitrogens with one attached hydrogen (secondary N) is 2. The molecule has 0 saturated heterocycles. The number of carbonyl (C=O) groups excluding carboxylic acids is 2. The minimum absolute atomic E-state index is 0.0814. The number of thiophene rings is 1. The van der Waals surface area contributed by atoms with E-state index in [9.17, 15) is 9.59 Å². The minimum atomic E-state index is -0.444. The van der Waals surface area contributed by atoms with Gasteiger partial charge in [-0.15, -0.1) is 11.3 Å². The molecule has 2 amide bonds. The van der Waals surface area contributed by atoms with Gasteiger partial charge in [0.2, 0.25) is 5.91 Å². The summed E-state index contributed by atoms with van der Waals surface area (Å²) in [5.41, 5.74) is 3.04. The molecule has 3 aromatic rings. The molecule has 8 heteroatoms. The highest BCUT2D eigenvalue weighted by atomic mass is 32.1. The SMILES string of the molecule is CNC(=O)CN1c2ccccc2C(=O)N(C)C1c1cn[nH]c1-c1cccs1. The van der Waals surface area contributed by atoms with E-state index in [0.29, 0.717) is 5.56 Å². The average molecular weight is 381 g/mol. The number of carbonyl (C=O) groups is 2. The predicted molar refractivity (Wildman–Crippen MR) is 105 cm³/mol. The maximum Gasteiger partial charge on any atom is 0.257 e. The van der Waals surface area contributed by atoms with Crippen LogP contribution in [0.15, 0.2) is 48.0 Å². The molecule has 1 aliphatic rings. The van der Waals surface area contributed by atoms with Crippen molar-refractivity contribution in [2.75, 3.05) is 25.5 Å². The van der Waals surface area contributed by atoms with Crippen LogP contribution in [0.3, 0.4) is 0 Å². The molecule has 0 bridgehead atoms. The van der Waals surface area contributed by atoms with Crippen LogP contribution in [0.25, 0.3) is 10.6 Å². The standard InChI is InChI=1S/C19H19N5O2S/c1-20-16(25)11-24-14-7-4-3-6-12(14)19(26)23(2)18(24)13-10-21-22-17(13)15-8-5-9-27-15/h3-10,18H,11H2,1-2H3,(H,20,25)(H,21,22). The Labute approximate surface area is 160 Å². The number of fused-ring (bicyclic) bond motifs is 1. The van der Waals surface area contributed by atoms with Crippen molar-refractivity contribution in [3.8, 4) is 10.6 Å². The molecule has 7 nitrogen and oxygen atoms in total. The lowest BCUT2D eigenvalue weighted by molar-refractivity contribution is -0.119. The molecule has 2 aromatic heterocycles. The molecule has 0 spiro atoms. The molecule has 1 aliphatic heterocycles. The highest BCUT2D eigenvalue weighted by Gasteiger charge is 2.39. The van der Waals surface area contributed by atoms with E-state index in [2.05, 4.69) is 15.5 Å². The maximum atomic E-state index is 13.0. The van der Waals surface area contributed by atoms with Crippen molar-refractivity contribution in [2.24, 2.45) is 0 Å². The Balaban J connectivity index is 1.86. The van der Waals surface area contributed by atoms with Crippen molar-refractivity contribution in [1.82, 2.24) is 20.4 Å². The molecule has 1 aromatic carbocycles. The van der Waals surface area contributed by atoms with Crippen LogP contribution in [0.2, 0.25) is 0 Å². The summed E-state index contributed by atoms with van der Waals surface area (Å²) in [6.45, 7) is 0.130. The molecule has 0 aliphatic carbocycles. The summed E-state index contributed by atoms with van der Waals surface area (Å²) in [6, 6.07) is 11.3. The van der Waals surface area contributed by atoms with E-state index in [1.165, 1.54) is 0 Å². The van der Waals surface area contributed by atoms with Crippen LogP contribution >= 0.6 is 11.3 Å². The molecule has 3 heterocycles. The zero-order valence-corrected chi connectivity index (χ0v) is 15.8. The largest absolute Gasteiger partial charge is 0.358 e. The first kappa shape index (κ1) is 17.3. The summed E-state index contributed by atoms with van der Waals surface area (Å²) in [5.74, 6) is -0.208. The van der Waals surface area contributed by atoms with E-state index in [-0.39, 0.29) is 18.4 Å². The van der Waals surface area contributed by atoms with Crippen LogP contribution < -0.4 is 10.2 Å². The number of rotatable bonds is 4. The highest BCUT2D eigenvalue weighted by Crippen LogP contribution is 2.41. The van der Waals surface area contributed by atoms with E-state index >= 15 is 0 Å². The van der Waals surface area contributed by atoms with E-state index < -0.39 is 6.17 Å². The number of hydrogen-bond donors (Lipinski definition) is 2. The zero-order chi connectivity index (χ0) is 19.0. The molecule has 0 radical (unpaired) electrons. The third-order valence-electron chi connectivity index (χ3n) is 4.73. The van der Waals surface area contributed by atoms with Crippen LogP contribution in [-0.2, 0) is 4.79 Å². The number of para-hydroxylation sites is 1. The number of benzene rings is 1. The van der Waals surface area contributed by atoms with E-state index in [4.69, 9.17) is 0 Å². The monoisotopic (exact) mass is 381 g/mol. The van der Waals surface area contributed by atoms with Crippen LogP contribution in [-0.4, -0.2) is 47.6 Å². The van der Waals surface area contributed by atoms with Gasteiger partial charge in [-0.25, -0.2) is 0 Å². The highest BCUT2D eigenvalue weighted by molar-refractivity contribution is 7.13. The zero-order valence-electron chi connectivity index (χ0n) is 15.0. The van der Waals surface area contributed by atoms with Crippen molar-refractivity contribution in [1.29, 1.82) is 0 Å². The lowest BCUT2D eigenvalue weighted by Crippen LogP contribution is -2.50. The number of hydrogen-bond acceptors (Lipinski definition) is 5. The molecule has 138 valence electrons. The second-order valence-electron chi connectivity index (χ2n) is 6.29. The van der Waals surface area contributed by atoms with Crippen molar-refractivity contribution < 1.29 is 9.59 Å². The first-order valence-corrected chi connectivity index (χ1v) is 9.40. The molecule has 1 unspecified atom stereocenters. The summed E-state index contributed by atoms with van der Waals surface area (Å²) >= 11 is 1.59. The Bertz CT molecular complexity index is 982. The fourth-order valence-electron chi connectivity index (χ4n) is 3.44. The van der Waals surface area contributed by atoms with Crippen LogP contribution in [0, 0.1) is 0 Å². The third kappa shape index (κ3) is 2.87. The Morgan fingerprint density at radius 3 is 2.85 bits per heavy atom. The van der Waals surface area contributed by atoms with Gasteiger partial charge in [0.1, 0.15) is 6.17 Å². The summed E-state index contributed by atoms with van der Waals surface area (Å²) in [4.78, 5) is 29.9. The van der Waals surface area contributed by atoms with Gasteiger partial charge < -0.3 is 15.1 Å². The van der Waals surface area contributed by atoms with E-state index in [1.807, 2.05) is 40.6 Å². The topological polar surface area (TPSA) is 81.3 Å². The van der Waals surface area contributed by atoms with Crippen molar-refractivity contribution in [3.05, 3.63) is 59.1 Å². The number of aromatic nitrogens is 2. The number of amides is 2. The second-order valence-corrected chi connectivity index (χ2v) is 7.23. The van der Waals surface area contributed by atoms with E-state index in [1.54, 1.807) is 42.6 Å². The smallest absolute Gasteiger partial charge is 0.257 e. The van der Waals surface area contributed by atoms with Crippen LogP contribution in [0.1, 0.15) is 22.1 Å². The number of aromatic amines is 1. The summed E-state index contributed by atoms with van der Waals surface area (Å²) in [7, 11) is 3.36. The van der Waals surface area contributed by atoms with Gasteiger partial charge in [-0.1, -0.05) is 18.2 Å². The second kappa shape index (κ2) is 6.88. The fraction of sp³-hybridized carbons (Fsp3) is 0.211. The Morgan fingerprint density at radius 2 is 2.11 bits per heavy atom. The first-order valence-electron chi connectivity index (χ1n) is 8.52. The number of anilines is 1. The normalized spacial score (nSPS) is 16.4. The number of likely N-dealkylation sites (N-methyl/N-ethyl adjacent to an activating group) is 1. The van der Waals surface area contributed by atoms with Crippen LogP contribution in [0.4, 0.5) is 5.69 Å². The molecule has 4 rings (SSSR count). The average Bonchev–Trinajstić information content (AvgIpc) is 3.37. The summed E-state index contributed by atoms with van der Waals surface area (Å²) < 4.78 is 0. The molecule has 0 fully saturated rings. The van der Waals surface area contributed by atoms with Crippen molar-refractivity contribution in [3.63, 3.8) is 0 Å². The van der Waals surface area contributed by atoms with Crippen molar-refractivity contribution >= 4 is 28.8 Å². The molecular formula is C19H19N5O2S. The first-order chi connectivity index (χ1) is 13.1. The fourth-order valence-corrected chi connectivity index (χ4v) is 4.18. The van der Waals surface area contributed by atoms with Gasteiger partial charge in [0.05, 0.1) is 34.6 Å². The van der Waals surface area contributed by atoms with Gasteiger partial charge in [-0.2, -0.15) is 5.10 Å². The number of nitrogens with zero attached hydrogens (tertiary/aromatic N) is 3. The molecule has 2 N–H and O–H groups in total. The van der Waals surface area contributed by atoms with Gasteiger partial charge in [0.15, 0.2) is 0 Å².